The average molecular weight is 288 g/mol. The molecule has 2 heterocycles. The van der Waals surface area contributed by atoms with Gasteiger partial charge in [0.25, 0.3) is 5.91 Å². The Morgan fingerprint density at radius 3 is 3.00 bits per heavy atom. The quantitative estimate of drug-likeness (QED) is 0.713. The van der Waals surface area contributed by atoms with Crippen LogP contribution in [0.15, 0.2) is 42.6 Å². The molecular weight excluding hydrogens is 279 g/mol. The van der Waals surface area contributed by atoms with Gasteiger partial charge in [-0.2, -0.15) is 5.10 Å². The van der Waals surface area contributed by atoms with E-state index in [2.05, 4.69) is 15.5 Å². The summed E-state index contributed by atoms with van der Waals surface area (Å²) in [5, 5.41) is 9.23. The molecule has 1 aromatic carbocycles. The summed E-state index contributed by atoms with van der Waals surface area (Å²) in [5.41, 5.74) is 1.42. The molecule has 1 amide bonds. The number of benzene rings is 1. The second kappa shape index (κ2) is 4.86. The van der Waals surface area contributed by atoms with Gasteiger partial charge in [0, 0.05) is 11.9 Å². The third kappa shape index (κ3) is 2.30. The number of amides is 1. The fourth-order valence-electron chi connectivity index (χ4n) is 1.81. The summed E-state index contributed by atoms with van der Waals surface area (Å²) < 4.78 is 15.1. The minimum atomic E-state index is -0.407. The van der Waals surface area contributed by atoms with Gasteiger partial charge >= 0.3 is 0 Å². The zero-order valence-corrected chi connectivity index (χ0v) is 10.9. The number of hydrogen-bond donors (Lipinski definition) is 2. The third-order valence-corrected chi connectivity index (χ3v) is 3.04. The Morgan fingerprint density at radius 1 is 1.35 bits per heavy atom. The lowest BCUT2D eigenvalue weighted by Crippen LogP contribution is -2.12. The number of nitrogens with one attached hydrogen (secondary N) is 2. The van der Waals surface area contributed by atoms with E-state index in [1.165, 1.54) is 18.2 Å². The Morgan fingerprint density at radius 2 is 2.20 bits per heavy atom. The number of H-pyrrole nitrogens is 1. The lowest BCUT2D eigenvalue weighted by molar-refractivity contribution is 0.102. The maximum Gasteiger partial charge on any atom is 0.257 e. The van der Waals surface area contributed by atoms with E-state index in [0.29, 0.717) is 21.7 Å². The zero-order chi connectivity index (χ0) is 14.1. The Bertz CT molecular complexity index is 855. The number of aromatic amines is 1. The molecule has 0 saturated carbocycles. The maximum absolute atomic E-state index is 13.1. The van der Waals surface area contributed by atoms with Crippen molar-refractivity contribution >= 4 is 29.5 Å². The van der Waals surface area contributed by atoms with Crippen molar-refractivity contribution in [1.29, 1.82) is 0 Å². The van der Waals surface area contributed by atoms with Gasteiger partial charge in [-0.05, 0) is 42.5 Å². The van der Waals surface area contributed by atoms with Crippen molar-refractivity contribution in [2.24, 2.45) is 0 Å². The molecule has 7 heteroatoms. The SMILES string of the molecule is O=C(Nc1cccc(F)c1)c1ccc2n[nH]c(=S)n2c1. The Balaban J connectivity index is 1.92. The maximum atomic E-state index is 13.1. The highest BCUT2D eigenvalue weighted by atomic mass is 32.1. The van der Waals surface area contributed by atoms with Gasteiger partial charge in [0.05, 0.1) is 5.56 Å². The summed E-state index contributed by atoms with van der Waals surface area (Å²) in [6.07, 6.45) is 1.58. The van der Waals surface area contributed by atoms with Gasteiger partial charge < -0.3 is 5.32 Å². The van der Waals surface area contributed by atoms with Crippen molar-refractivity contribution < 1.29 is 9.18 Å². The van der Waals surface area contributed by atoms with Gasteiger partial charge in [0.1, 0.15) is 5.82 Å². The second-order valence-electron chi connectivity index (χ2n) is 4.14. The number of fused-ring (bicyclic) bond motifs is 1. The molecule has 0 aliphatic heterocycles. The number of nitrogens with zero attached hydrogens (tertiary/aromatic N) is 2. The van der Waals surface area contributed by atoms with E-state index in [1.807, 2.05) is 0 Å². The van der Waals surface area contributed by atoms with Crippen LogP contribution in [0.4, 0.5) is 10.1 Å². The van der Waals surface area contributed by atoms with Crippen molar-refractivity contribution in [3.05, 3.63) is 58.7 Å². The summed E-state index contributed by atoms with van der Waals surface area (Å²) in [4.78, 5) is 12.1. The van der Waals surface area contributed by atoms with E-state index in [1.54, 1.807) is 28.8 Å². The van der Waals surface area contributed by atoms with E-state index in [0.717, 1.165) is 0 Å². The summed E-state index contributed by atoms with van der Waals surface area (Å²) in [5.74, 6) is -0.754. The lowest BCUT2D eigenvalue weighted by atomic mass is 10.2. The van der Waals surface area contributed by atoms with Crippen LogP contribution in [0, 0.1) is 10.6 Å². The minimum Gasteiger partial charge on any atom is -0.322 e. The Hall–Kier alpha value is -2.54. The first-order valence-electron chi connectivity index (χ1n) is 5.77. The molecule has 5 nitrogen and oxygen atoms in total. The molecule has 0 bridgehead atoms. The molecule has 0 fully saturated rings. The molecule has 3 rings (SSSR count). The number of carbonyl (C=O) groups excluding carboxylic acids is 1. The highest BCUT2D eigenvalue weighted by molar-refractivity contribution is 7.71. The predicted molar refractivity (Wildman–Crippen MR) is 74.7 cm³/mol. The van der Waals surface area contributed by atoms with E-state index >= 15 is 0 Å². The molecule has 3 aromatic rings. The fraction of sp³-hybridized carbons (Fsp3) is 0. The number of hydrogen-bond acceptors (Lipinski definition) is 3. The van der Waals surface area contributed by atoms with Gasteiger partial charge in [-0.15, -0.1) is 0 Å². The van der Waals surface area contributed by atoms with Crippen LogP contribution in [-0.2, 0) is 0 Å². The van der Waals surface area contributed by atoms with Crippen LogP contribution < -0.4 is 5.32 Å². The standard InChI is InChI=1S/C13H9FN4OS/c14-9-2-1-3-10(6-9)15-12(19)8-4-5-11-16-17-13(20)18(11)7-8/h1-7H,(H,15,19)(H,17,20). The molecule has 2 aromatic heterocycles. The first kappa shape index (κ1) is 12.5. The Kier molecular flexibility index (Phi) is 3.03. The smallest absolute Gasteiger partial charge is 0.257 e. The number of carbonyl (C=O) groups is 1. The van der Waals surface area contributed by atoms with Gasteiger partial charge in [0.2, 0.25) is 0 Å². The first-order chi connectivity index (χ1) is 9.63. The molecule has 0 saturated heterocycles. The zero-order valence-electron chi connectivity index (χ0n) is 10.1. The normalized spacial score (nSPS) is 10.7. The molecule has 0 spiro atoms. The van der Waals surface area contributed by atoms with Crippen molar-refractivity contribution in [2.75, 3.05) is 5.32 Å². The van der Waals surface area contributed by atoms with Crippen LogP contribution in [0.25, 0.3) is 5.65 Å². The van der Waals surface area contributed by atoms with E-state index in [-0.39, 0.29) is 5.91 Å². The topological polar surface area (TPSA) is 62.2 Å². The van der Waals surface area contributed by atoms with Gasteiger partial charge in [0.15, 0.2) is 10.4 Å². The lowest BCUT2D eigenvalue weighted by Gasteiger charge is -2.05. The summed E-state index contributed by atoms with van der Waals surface area (Å²) in [7, 11) is 0. The van der Waals surface area contributed by atoms with Crippen LogP contribution in [0.1, 0.15) is 10.4 Å². The van der Waals surface area contributed by atoms with Gasteiger partial charge in [-0.25, -0.2) is 4.39 Å². The average Bonchev–Trinajstić information content (AvgIpc) is 2.80. The first-order valence-corrected chi connectivity index (χ1v) is 6.18. The monoisotopic (exact) mass is 288 g/mol. The molecule has 20 heavy (non-hydrogen) atoms. The minimum absolute atomic E-state index is 0.347. The molecule has 0 unspecified atom stereocenters. The van der Waals surface area contributed by atoms with E-state index in [9.17, 15) is 9.18 Å². The van der Waals surface area contributed by atoms with Gasteiger partial charge in [-0.3, -0.25) is 14.3 Å². The predicted octanol–water partition coefficient (Wildman–Crippen LogP) is 2.78. The van der Waals surface area contributed by atoms with E-state index < -0.39 is 5.82 Å². The molecule has 0 aliphatic rings. The van der Waals surface area contributed by atoms with Crippen LogP contribution >= 0.6 is 12.2 Å². The van der Waals surface area contributed by atoms with Crippen LogP contribution in [0.3, 0.4) is 0 Å². The number of anilines is 1. The summed E-state index contributed by atoms with van der Waals surface area (Å²) >= 11 is 5.04. The number of aromatic nitrogens is 3. The Labute approximate surface area is 118 Å². The highest BCUT2D eigenvalue weighted by Gasteiger charge is 2.08. The van der Waals surface area contributed by atoms with Gasteiger partial charge in [-0.1, -0.05) is 6.07 Å². The summed E-state index contributed by atoms with van der Waals surface area (Å²) in [6.45, 7) is 0. The fourth-order valence-corrected chi connectivity index (χ4v) is 2.00. The number of pyridine rings is 1. The van der Waals surface area contributed by atoms with Crippen LogP contribution in [0.5, 0.6) is 0 Å². The second-order valence-corrected chi connectivity index (χ2v) is 4.53. The largest absolute Gasteiger partial charge is 0.322 e. The van der Waals surface area contributed by atoms with Crippen LogP contribution in [-0.4, -0.2) is 20.5 Å². The molecule has 0 aliphatic carbocycles. The van der Waals surface area contributed by atoms with Crippen LogP contribution in [0.2, 0.25) is 0 Å². The van der Waals surface area contributed by atoms with Crippen molar-refractivity contribution in [2.45, 2.75) is 0 Å². The molecule has 0 radical (unpaired) electrons. The molecule has 2 N–H and O–H groups in total. The molecular formula is C13H9FN4OS. The van der Waals surface area contributed by atoms with Crippen molar-refractivity contribution in [3.63, 3.8) is 0 Å². The van der Waals surface area contributed by atoms with Crippen molar-refractivity contribution in [1.82, 2.24) is 14.6 Å². The van der Waals surface area contributed by atoms with E-state index in [4.69, 9.17) is 12.2 Å². The molecule has 0 atom stereocenters. The van der Waals surface area contributed by atoms with Crippen molar-refractivity contribution in [3.8, 4) is 0 Å². The highest BCUT2D eigenvalue weighted by Crippen LogP contribution is 2.12. The third-order valence-electron chi connectivity index (χ3n) is 2.76. The summed E-state index contributed by atoms with van der Waals surface area (Å²) in [6, 6.07) is 9.00. The number of halogens is 1. The molecule has 100 valence electrons. The number of rotatable bonds is 2.